The van der Waals surface area contributed by atoms with E-state index >= 15 is 0 Å². The Balaban J connectivity index is 1.93. The van der Waals surface area contributed by atoms with Crippen molar-refractivity contribution < 1.29 is 4.79 Å². The van der Waals surface area contributed by atoms with Crippen molar-refractivity contribution in [3.8, 4) is 0 Å². The van der Waals surface area contributed by atoms with Crippen LogP contribution in [0.25, 0.3) is 0 Å². The van der Waals surface area contributed by atoms with Crippen molar-refractivity contribution in [2.75, 3.05) is 23.7 Å². The van der Waals surface area contributed by atoms with E-state index in [0.29, 0.717) is 30.5 Å². The van der Waals surface area contributed by atoms with Gasteiger partial charge in [0.25, 0.3) is 0 Å². The highest BCUT2D eigenvalue weighted by atomic mass is 16.2. The van der Waals surface area contributed by atoms with Crippen molar-refractivity contribution in [2.45, 2.75) is 34.6 Å². The van der Waals surface area contributed by atoms with Gasteiger partial charge in [0.15, 0.2) is 0 Å². The van der Waals surface area contributed by atoms with Crippen molar-refractivity contribution >= 4 is 23.4 Å². The first kappa shape index (κ1) is 18.6. The average molecular weight is 342 g/mol. The predicted octanol–water partition coefficient (Wildman–Crippen LogP) is 2.81. The van der Waals surface area contributed by atoms with E-state index in [4.69, 9.17) is 0 Å². The Morgan fingerprint density at radius 1 is 1.04 bits per heavy atom. The summed E-state index contributed by atoms with van der Waals surface area (Å²) in [6.07, 6.45) is 1.75. The number of amides is 1. The van der Waals surface area contributed by atoms with Crippen molar-refractivity contribution in [3.63, 3.8) is 0 Å². The number of carbonyl (C=O) groups excluding carboxylic acids is 1. The number of aryl methyl sites for hydroxylation is 2. The molecule has 25 heavy (non-hydrogen) atoms. The van der Waals surface area contributed by atoms with Crippen LogP contribution in [0.1, 0.15) is 32.2 Å². The summed E-state index contributed by atoms with van der Waals surface area (Å²) in [6.45, 7) is 10.6. The molecule has 0 aliphatic heterocycles. The second kappa shape index (κ2) is 7.92. The van der Waals surface area contributed by atoms with Crippen LogP contribution in [0.2, 0.25) is 0 Å². The molecule has 2 aromatic heterocycles. The van der Waals surface area contributed by atoms with Gasteiger partial charge in [0.2, 0.25) is 5.91 Å². The Morgan fingerprint density at radius 3 is 2.44 bits per heavy atom. The normalized spacial score (nSPS) is 11.1. The first-order valence-electron chi connectivity index (χ1n) is 8.31. The lowest BCUT2D eigenvalue weighted by atomic mass is 9.96. The molecule has 1 amide bonds. The second-order valence-electron chi connectivity index (χ2n) is 6.96. The standard InChI is InChI=1S/C18H26N6O/c1-12-6-7-19-14(10-12)24-16-11-15(22-13(2)23-16)20-8-9-21-17(25)18(3,4)5/h6-7,10-11H,8-9H2,1-5H3,(H,21,25)(H2,19,20,22,23,24). The lowest BCUT2D eigenvalue weighted by Gasteiger charge is -2.17. The summed E-state index contributed by atoms with van der Waals surface area (Å²) >= 11 is 0. The summed E-state index contributed by atoms with van der Waals surface area (Å²) in [6, 6.07) is 5.71. The van der Waals surface area contributed by atoms with E-state index in [-0.39, 0.29) is 11.3 Å². The molecule has 0 saturated carbocycles. The van der Waals surface area contributed by atoms with Gasteiger partial charge in [-0.2, -0.15) is 0 Å². The Morgan fingerprint density at radius 2 is 1.76 bits per heavy atom. The number of hydrogen-bond donors (Lipinski definition) is 3. The zero-order valence-electron chi connectivity index (χ0n) is 15.5. The van der Waals surface area contributed by atoms with E-state index in [0.717, 1.165) is 11.4 Å². The molecule has 0 spiro atoms. The highest BCUT2D eigenvalue weighted by molar-refractivity contribution is 5.81. The summed E-state index contributed by atoms with van der Waals surface area (Å²) in [5.41, 5.74) is 0.736. The molecule has 0 atom stereocenters. The van der Waals surface area contributed by atoms with Gasteiger partial charge in [-0.15, -0.1) is 0 Å². The highest BCUT2D eigenvalue weighted by Crippen LogP contribution is 2.16. The van der Waals surface area contributed by atoms with Crippen molar-refractivity contribution in [1.82, 2.24) is 20.3 Å². The molecular weight excluding hydrogens is 316 g/mol. The molecule has 0 aliphatic carbocycles. The van der Waals surface area contributed by atoms with Crippen LogP contribution in [-0.2, 0) is 4.79 Å². The van der Waals surface area contributed by atoms with Gasteiger partial charge < -0.3 is 16.0 Å². The molecule has 0 unspecified atom stereocenters. The van der Waals surface area contributed by atoms with Crippen LogP contribution in [0.4, 0.5) is 17.5 Å². The maximum absolute atomic E-state index is 11.8. The highest BCUT2D eigenvalue weighted by Gasteiger charge is 2.20. The van der Waals surface area contributed by atoms with Gasteiger partial charge in [0.05, 0.1) is 0 Å². The summed E-state index contributed by atoms with van der Waals surface area (Å²) in [5.74, 6) is 2.79. The third-order valence-corrected chi connectivity index (χ3v) is 3.41. The molecule has 2 aromatic rings. The summed E-state index contributed by atoms with van der Waals surface area (Å²) in [5, 5.41) is 9.28. The Bertz CT molecular complexity index is 739. The number of anilines is 3. The number of aromatic nitrogens is 3. The van der Waals surface area contributed by atoms with Crippen LogP contribution < -0.4 is 16.0 Å². The SMILES string of the molecule is Cc1ccnc(Nc2cc(NCCNC(=O)C(C)(C)C)nc(C)n2)c1. The molecule has 0 radical (unpaired) electrons. The van der Waals surface area contributed by atoms with Gasteiger partial charge in [0.1, 0.15) is 23.3 Å². The Labute approximate surface area is 148 Å². The lowest BCUT2D eigenvalue weighted by molar-refractivity contribution is -0.128. The molecule has 134 valence electrons. The van der Waals surface area contributed by atoms with E-state index in [2.05, 4.69) is 30.9 Å². The summed E-state index contributed by atoms with van der Waals surface area (Å²) < 4.78 is 0. The van der Waals surface area contributed by atoms with Gasteiger partial charge in [0, 0.05) is 30.8 Å². The van der Waals surface area contributed by atoms with Crippen LogP contribution in [0.5, 0.6) is 0 Å². The van der Waals surface area contributed by atoms with Gasteiger partial charge in [-0.05, 0) is 31.5 Å². The van der Waals surface area contributed by atoms with E-state index < -0.39 is 0 Å². The number of rotatable bonds is 6. The molecular formula is C18H26N6O. The number of pyridine rings is 1. The van der Waals surface area contributed by atoms with Crippen molar-refractivity contribution in [3.05, 3.63) is 35.8 Å². The Kier molecular flexibility index (Phi) is 5.90. The smallest absolute Gasteiger partial charge is 0.225 e. The zero-order chi connectivity index (χ0) is 18.4. The van der Waals surface area contributed by atoms with E-state index in [1.54, 1.807) is 6.20 Å². The number of nitrogens with one attached hydrogen (secondary N) is 3. The predicted molar refractivity (Wildman–Crippen MR) is 100.0 cm³/mol. The molecule has 0 fully saturated rings. The third kappa shape index (κ3) is 6.02. The largest absolute Gasteiger partial charge is 0.368 e. The van der Waals surface area contributed by atoms with Gasteiger partial charge in [-0.25, -0.2) is 15.0 Å². The number of hydrogen-bond acceptors (Lipinski definition) is 6. The lowest BCUT2D eigenvalue weighted by Crippen LogP contribution is -2.37. The Hall–Kier alpha value is -2.70. The molecule has 0 aliphatic rings. The fourth-order valence-electron chi connectivity index (χ4n) is 2.09. The van der Waals surface area contributed by atoms with Crippen molar-refractivity contribution in [1.29, 1.82) is 0 Å². The second-order valence-corrected chi connectivity index (χ2v) is 6.96. The minimum Gasteiger partial charge on any atom is -0.368 e. The quantitative estimate of drug-likeness (QED) is 0.699. The van der Waals surface area contributed by atoms with E-state index in [9.17, 15) is 4.79 Å². The first-order valence-corrected chi connectivity index (χ1v) is 8.31. The van der Waals surface area contributed by atoms with E-state index in [1.807, 2.05) is 52.8 Å². The minimum absolute atomic E-state index is 0.0287. The molecule has 3 N–H and O–H groups in total. The molecule has 0 saturated heterocycles. The molecule has 2 heterocycles. The first-order chi connectivity index (χ1) is 11.7. The minimum atomic E-state index is -0.386. The zero-order valence-corrected chi connectivity index (χ0v) is 15.5. The molecule has 0 aromatic carbocycles. The summed E-state index contributed by atoms with van der Waals surface area (Å²) in [4.78, 5) is 24.8. The molecule has 0 bridgehead atoms. The fourth-order valence-corrected chi connectivity index (χ4v) is 2.09. The average Bonchev–Trinajstić information content (AvgIpc) is 2.50. The monoisotopic (exact) mass is 342 g/mol. The van der Waals surface area contributed by atoms with Gasteiger partial charge >= 0.3 is 0 Å². The number of carbonyl (C=O) groups is 1. The molecule has 7 nitrogen and oxygen atoms in total. The van der Waals surface area contributed by atoms with Crippen LogP contribution in [0, 0.1) is 19.3 Å². The van der Waals surface area contributed by atoms with Crippen molar-refractivity contribution in [2.24, 2.45) is 5.41 Å². The maximum Gasteiger partial charge on any atom is 0.225 e. The third-order valence-electron chi connectivity index (χ3n) is 3.41. The number of nitrogens with zero attached hydrogens (tertiary/aromatic N) is 3. The van der Waals surface area contributed by atoms with Crippen LogP contribution in [0.3, 0.4) is 0 Å². The molecule has 7 heteroatoms. The maximum atomic E-state index is 11.8. The van der Waals surface area contributed by atoms with Gasteiger partial charge in [-0.3, -0.25) is 4.79 Å². The van der Waals surface area contributed by atoms with Crippen LogP contribution >= 0.6 is 0 Å². The summed E-state index contributed by atoms with van der Waals surface area (Å²) in [7, 11) is 0. The fraction of sp³-hybridized carbons (Fsp3) is 0.444. The topological polar surface area (TPSA) is 91.8 Å². The van der Waals surface area contributed by atoms with Crippen LogP contribution in [-0.4, -0.2) is 33.9 Å². The van der Waals surface area contributed by atoms with E-state index in [1.165, 1.54) is 0 Å². The van der Waals surface area contributed by atoms with Crippen LogP contribution in [0.15, 0.2) is 24.4 Å². The van der Waals surface area contributed by atoms with Gasteiger partial charge in [-0.1, -0.05) is 20.8 Å². The molecule has 2 rings (SSSR count).